The molecule has 4 heteroatoms. The van der Waals surface area contributed by atoms with Crippen LogP contribution in [0.3, 0.4) is 0 Å². The van der Waals surface area contributed by atoms with E-state index in [4.69, 9.17) is 0 Å². The lowest BCUT2D eigenvalue weighted by molar-refractivity contribution is -0.121. The fourth-order valence-corrected chi connectivity index (χ4v) is 1.31. The van der Waals surface area contributed by atoms with E-state index < -0.39 is 0 Å². The second kappa shape index (κ2) is 3.82. The predicted molar refractivity (Wildman–Crippen MR) is 55.0 cm³/mol. The Morgan fingerprint density at radius 2 is 2.21 bits per heavy atom. The van der Waals surface area contributed by atoms with E-state index in [1.54, 1.807) is 13.2 Å². The number of amides is 1. The Balaban J connectivity index is 2.88. The van der Waals surface area contributed by atoms with E-state index in [-0.39, 0.29) is 11.3 Å². The molecule has 0 bridgehead atoms. The van der Waals surface area contributed by atoms with Gasteiger partial charge in [0.25, 0.3) is 0 Å². The summed E-state index contributed by atoms with van der Waals surface area (Å²) in [7, 11) is 1.63. The zero-order chi connectivity index (χ0) is 10.8. The van der Waals surface area contributed by atoms with Gasteiger partial charge in [-0.3, -0.25) is 4.79 Å². The second-order valence-corrected chi connectivity index (χ2v) is 4.30. The van der Waals surface area contributed by atoms with Crippen LogP contribution in [0, 0.1) is 0 Å². The van der Waals surface area contributed by atoms with Gasteiger partial charge < -0.3 is 9.88 Å². The summed E-state index contributed by atoms with van der Waals surface area (Å²) in [6, 6.07) is 0. The van der Waals surface area contributed by atoms with E-state index in [1.165, 1.54) is 0 Å². The molecular weight excluding hydrogens is 178 g/mol. The first-order chi connectivity index (χ1) is 6.45. The Bertz CT molecular complexity index is 322. The van der Waals surface area contributed by atoms with Crippen molar-refractivity contribution in [2.45, 2.75) is 32.7 Å². The lowest BCUT2D eigenvalue weighted by Crippen LogP contribution is -2.27. The molecule has 0 saturated carbocycles. The largest absolute Gasteiger partial charge is 0.358 e. The molecule has 0 fully saturated rings. The second-order valence-electron chi connectivity index (χ2n) is 4.30. The number of likely N-dealkylation sites (N-methyl/N-ethyl adjacent to an activating group) is 1. The molecule has 0 radical (unpaired) electrons. The van der Waals surface area contributed by atoms with Gasteiger partial charge in [-0.15, -0.1) is 0 Å². The summed E-state index contributed by atoms with van der Waals surface area (Å²) in [5.74, 6) is 0.926. The summed E-state index contributed by atoms with van der Waals surface area (Å²) in [5, 5.41) is 2.59. The van der Waals surface area contributed by atoms with Crippen molar-refractivity contribution in [3.8, 4) is 0 Å². The molecule has 78 valence electrons. The van der Waals surface area contributed by atoms with Gasteiger partial charge >= 0.3 is 0 Å². The molecule has 1 aromatic rings. The molecule has 0 saturated heterocycles. The monoisotopic (exact) mass is 195 g/mol. The summed E-state index contributed by atoms with van der Waals surface area (Å²) in [6.07, 6.45) is 3.55. The quantitative estimate of drug-likeness (QED) is 0.763. The first-order valence-corrected chi connectivity index (χ1v) is 4.67. The maximum absolute atomic E-state index is 11.2. The van der Waals surface area contributed by atoms with E-state index in [2.05, 4.69) is 31.1 Å². The highest BCUT2D eigenvalue weighted by Gasteiger charge is 2.20. The number of hydrogen-bond acceptors (Lipinski definition) is 2. The SMILES string of the molecule is CNC(=O)Cn1ccnc1C(C)(C)C. The molecule has 1 N–H and O–H groups in total. The Morgan fingerprint density at radius 1 is 1.57 bits per heavy atom. The van der Waals surface area contributed by atoms with Gasteiger partial charge in [0.2, 0.25) is 5.91 Å². The molecule has 0 aromatic carbocycles. The van der Waals surface area contributed by atoms with E-state index in [0.717, 1.165) is 5.82 Å². The summed E-state index contributed by atoms with van der Waals surface area (Å²) in [5.41, 5.74) is -0.0302. The molecule has 0 aliphatic rings. The third-order valence-electron chi connectivity index (χ3n) is 1.98. The molecule has 1 rings (SSSR count). The zero-order valence-electron chi connectivity index (χ0n) is 9.16. The van der Waals surface area contributed by atoms with Gasteiger partial charge in [-0.1, -0.05) is 20.8 Å². The van der Waals surface area contributed by atoms with Crippen molar-refractivity contribution >= 4 is 5.91 Å². The molecule has 1 amide bonds. The van der Waals surface area contributed by atoms with Gasteiger partial charge in [-0.05, 0) is 0 Å². The Labute approximate surface area is 84.3 Å². The molecule has 14 heavy (non-hydrogen) atoms. The van der Waals surface area contributed by atoms with Crippen LogP contribution in [-0.2, 0) is 16.8 Å². The summed E-state index contributed by atoms with van der Waals surface area (Å²) in [6.45, 7) is 6.57. The van der Waals surface area contributed by atoms with Gasteiger partial charge in [0.05, 0.1) is 0 Å². The van der Waals surface area contributed by atoms with Gasteiger partial charge in [0.15, 0.2) is 0 Å². The topological polar surface area (TPSA) is 46.9 Å². The molecule has 1 aromatic heterocycles. The molecule has 0 atom stereocenters. The minimum Gasteiger partial charge on any atom is -0.358 e. The number of carbonyl (C=O) groups is 1. The van der Waals surface area contributed by atoms with E-state index >= 15 is 0 Å². The van der Waals surface area contributed by atoms with Crippen molar-refractivity contribution in [3.63, 3.8) is 0 Å². The smallest absolute Gasteiger partial charge is 0.239 e. The fraction of sp³-hybridized carbons (Fsp3) is 0.600. The maximum atomic E-state index is 11.2. The predicted octanol–water partition coefficient (Wildman–Crippen LogP) is 0.927. The number of imidazole rings is 1. The van der Waals surface area contributed by atoms with E-state index in [9.17, 15) is 4.79 Å². The van der Waals surface area contributed by atoms with Crippen molar-refractivity contribution in [1.29, 1.82) is 0 Å². The average molecular weight is 195 g/mol. The normalized spacial score (nSPS) is 11.4. The number of aromatic nitrogens is 2. The highest BCUT2D eigenvalue weighted by molar-refractivity contribution is 5.75. The standard InChI is InChI=1S/C10H17N3O/c1-10(2,3)9-12-5-6-13(9)7-8(14)11-4/h5-6H,7H2,1-4H3,(H,11,14). The van der Waals surface area contributed by atoms with Crippen molar-refractivity contribution < 1.29 is 4.79 Å². The third kappa shape index (κ3) is 2.34. The third-order valence-corrected chi connectivity index (χ3v) is 1.98. The minimum absolute atomic E-state index is 0.00602. The number of carbonyl (C=O) groups excluding carboxylic acids is 1. The summed E-state index contributed by atoms with van der Waals surface area (Å²) < 4.78 is 1.87. The van der Waals surface area contributed by atoms with Gasteiger partial charge in [-0.2, -0.15) is 0 Å². The van der Waals surface area contributed by atoms with Crippen LogP contribution < -0.4 is 5.32 Å². The number of rotatable bonds is 2. The van der Waals surface area contributed by atoms with Crippen molar-refractivity contribution in [2.24, 2.45) is 0 Å². The molecule has 0 spiro atoms. The Morgan fingerprint density at radius 3 is 2.71 bits per heavy atom. The van der Waals surface area contributed by atoms with Crippen LogP contribution in [0.1, 0.15) is 26.6 Å². The number of hydrogen-bond donors (Lipinski definition) is 1. The molecule has 1 heterocycles. The molecule has 4 nitrogen and oxygen atoms in total. The van der Waals surface area contributed by atoms with Crippen molar-refractivity contribution in [3.05, 3.63) is 18.2 Å². The molecule has 0 aliphatic heterocycles. The Hall–Kier alpha value is -1.32. The van der Waals surface area contributed by atoms with Crippen molar-refractivity contribution in [1.82, 2.24) is 14.9 Å². The highest BCUT2D eigenvalue weighted by Crippen LogP contribution is 2.19. The minimum atomic E-state index is -0.0302. The van der Waals surface area contributed by atoms with Crippen LogP contribution in [0.4, 0.5) is 0 Å². The van der Waals surface area contributed by atoms with Crippen LogP contribution in [-0.4, -0.2) is 22.5 Å². The lowest BCUT2D eigenvalue weighted by atomic mass is 9.96. The zero-order valence-corrected chi connectivity index (χ0v) is 9.16. The van der Waals surface area contributed by atoms with Crippen molar-refractivity contribution in [2.75, 3.05) is 7.05 Å². The summed E-state index contributed by atoms with van der Waals surface area (Å²) >= 11 is 0. The Kier molecular flexibility index (Phi) is 2.93. The lowest BCUT2D eigenvalue weighted by Gasteiger charge is -2.19. The molecule has 0 unspecified atom stereocenters. The number of nitrogens with zero attached hydrogens (tertiary/aromatic N) is 2. The summed E-state index contributed by atoms with van der Waals surface area (Å²) in [4.78, 5) is 15.5. The number of nitrogens with one attached hydrogen (secondary N) is 1. The molecular formula is C10H17N3O. The van der Waals surface area contributed by atoms with Gasteiger partial charge in [0, 0.05) is 24.9 Å². The van der Waals surface area contributed by atoms with E-state index in [0.29, 0.717) is 6.54 Å². The maximum Gasteiger partial charge on any atom is 0.239 e. The fourth-order valence-electron chi connectivity index (χ4n) is 1.31. The highest BCUT2D eigenvalue weighted by atomic mass is 16.1. The molecule has 0 aliphatic carbocycles. The van der Waals surface area contributed by atoms with Crippen LogP contribution in [0.25, 0.3) is 0 Å². The van der Waals surface area contributed by atoms with E-state index in [1.807, 2.05) is 10.8 Å². The first-order valence-electron chi connectivity index (χ1n) is 4.67. The average Bonchev–Trinajstić information content (AvgIpc) is 2.51. The van der Waals surface area contributed by atoms with Crippen LogP contribution in [0.5, 0.6) is 0 Å². The van der Waals surface area contributed by atoms with Gasteiger partial charge in [0.1, 0.15) is 12.4 Å². The van der Waals surface area contributed by atoms with Crippen LogP contribution >= 0.6 is 0 Å². The van der Waals surface area contributed by atoms with Crippen LogP contribution in [0.15, 0.2) is 12.4 Å². The van der Waals surface area contributed by atoms with Gasteiger partial charge in [-0.25, -0.2) is 4.98 Å². The first kappa shape index (κ1) is 10.8. The van der Waals surface area contributed by atoms with Crippen LogP contribution in [0.2, 0.25) is 0 Å².